The molecule has 25 heavy (non-hydrogen) atoms. The lowest BCUT2D eigenvalue weighted by molar-refractivity contribution is 0.0955. The quantitative estimate of drug-likeness (QED) is 0.530. The molecular weight excluding hydrogens is 332 g/mol. The molecule has 0 aliphatic rings. The number of benzene rings is 1. The minimum Gasteiger partial charge on any atom is -0.277 e. The fraction of sp³-hybridized carbons (Fsp3) is 0.211. The van der Waals surface area contributed by atoms with Crippen LogP contribution in [0.4, 0.5) is 0 Å². The summed E-state index contributed by atoms with van der Waals surface area (Å²) in [7, 11) is 0. The highest BCUT2D eigenvalue weighted by molar-refractivity contribution is 7.10. The standard InChI is InChI=1S/C19H20N4OS/c1-12(2)17-8-15(11-25-17)19(24)23-21-10-16-9-20-22-18(16)14-6-4-13(3)5-7-14/h4-12H,1-3H3,(H,20,22)(H,23,24)/b21-10-. The number of thiophene rings is 1. The maximum absolute atomic E-state index is 12.2. The molecule has 0 fully saturated rings. The van der Waals surface area contributed by atoms with E-state index >= 15 is 0 Å². The number of amides is 1. The normalized spacial score (nSPS) is 11.4. The Hall–Kier alpha value is -2.73. The van der Waals surface area contributed by atoms with Gasteiger partial charge in [0.25, 0.3) is 5.91 Å². The lowest BCUT2D eigenvalue weighted by Gasteiger charge is -2.01. The van der Waals surface area contributed by atoms with E-state index in [0.717, 1.165) is 16.8 Å². The third kappa shape index (κ3) is 4.03. The average Bonchev–Trinajstić information content (AvgIpc) is 3.25. The molecule has 0 radical (unpaired) electrons. The van der Waals surface area contributed by atoms with Crippen LogP contribution in [0, 0.1) is 6.92 Å². The SMILES string of the molecule is Cc1ccc(-c2[nH]ncc2/C=N\NC(=O)c2csc(C(C)C)c2)cc1. The molecule has 0 saturated carbocycles. The second kappa shape index (κ2) is 7.44. The van der Waals surface area contributed by atoms with E-state index in [1.807, 2.05) is 42.6 Å². The van der Waals surface area contributed by atoms with Gasteiger partial charge in [0, 0.05) is 21.4 Å². The van der Waals surface area contributed by atoms with Gasteiger partial charge in [0.1, 0.15) is 0 Å². The van der Waals surface area contributed by atoms with Crippen molar-refractivity contribution < 1.29 is 4.79 Å². The predicted octanol–water partition coefficient (Wildman–Crippen LogP) is 4.33. The van der Waals surface area contributed by atoms with Crippen LogP contribution in [0.2, 0.25) is 0 Å². The Morgan fingerprint density at radius 1 is 1.32 bits per heavy atom. The van der Waals surface area contributed by atoms with Crippen LogP contribution in [0.1, 0.15) is 46.1 Å². The van der Waals surface area contributed by atoms with Crippen molar-refractivity contribution in [1.82, 2.24) is 15.6 Å². The first-order valence-electron chi connectivity index (χ1n) is 8.07. The van der Waals surface area contributed by atoms with Crippen LogP contribution in [0.5, 0.6) is 0 Å². The monoisotopic (exact) mass is 352 g/mol. The molecule has 0 aliphatic carbocycles. The van der Waals surface area contributed by atoms with Gasteiger partial charge < -0.3 is 0 Å². The molecule has 1 aromatic carbocycles. The highest BCUT2D eigenvalue weighted by atomic mass is 32.1. The molecule has 0 spiro atoms. The molecule has 3 aromatic rings. The van der Waals surface area contributed by atoms with Gasteiger partial charge >= 0.3 is 0 Å². The largest absolute Gasteiger partial charge is 0.277 e. The zero-order valence-corrected chi connectivity index (χ0v) is 15.2. The van der Waals surface area contributed by atoms with Gasteiger partial charge in [0.05, 0.1) is 23.7 Å². The van der Waals surface area contributed by atoms with Gasteiger partial charge in [-0.05, 0) is 18.9 Å². The molecule has 0 aliphatic heterocycles. The number of hydrogen-bond donors (Lipinski definition) is 2. The maximum Gasteiger partial charge on any atom is 0.272 e. The molecule has 6 heteroatoms. The molecule has 5 nitrogen and oxygen atoms in total. The first-order chi connectivity index (χ1) is 12.0. The van der Waals surface area contributed by atoms with Gasteiger partial charge in [-0.2, -0.15) is 10.2 Å². The van der Waals surface area contributed by atoms with Crippen LogP contribution < -0.4 is 5.43 Å². The lowest BCUT2D eigenvalue weighted by Crippen LogP contribution is -2.16. The molecule has 0 unspecified atom stereocenters. The van der Waals surface area contributed by atoms with E-state index in [1.54, 1.807) is 23.7 Å². The van der Waals surface area contributed by atoms with Crippen molar-refractivity contribution >= 4 is 23.5 Å². The number of rotatable bonds is 5. The van der Waals surface area contributed by atoms with Gasteiger partial charge in [0.15, 0.2) is 0 Å². The molecule has 0 saturated heterocycles. The third-order valence-corrected chi connectivity index (χ3v) is 5.06. The number of hydrazone groups is 1. The van der Waals surface area contributed by atoms with E-state index in [-0.39, 0.29) is 5.91 Å². The van der Waals surface area contributed by atoms with E-state index in [4.69, 9.17) is 0 Å². The number of aromatic amines is 1. The van der Waals surface area contributed by atoms with Crippen molar-refractivity contribution in [2.75, 3.05) is 0 Å². The average molecular weight is 352 g/mol. The number of H-pyrrole nitrogens is 1. The van der Waals surface area contributed by atoms with Crippen LogP contribution in [0.25, 0.3) is 11.3 Å². The summed E-state index contributed by atoms with van der Waals surface area (Å²) >= 11 is 1.59. The van der Waals surface area contributed by atoms with Gasteiger partial charge in [-0.3, -0.25) is 9.89 Å². The second-order valence-corrected chi connectivity index (χ2v) is 7.10. The first-order valence-corrected chi connectivity index (χ1v) is 8.95. The van der Waals surface area contributed by atoms with Crippen molar-refractivity contribution in [2.24, 2.45) is 5.10 Å². The summed E-state index contributed by atoms with van der Waals surface area (Å²) in [6.07, 6.45) is 3.29. The number of hydrogen-bond acceptors (Lipinski definition) is 4. The number of carbonyl (C=O) groups excluding carboxylic acids is 1. The van der Waals surface area contributed by atoms with Gasteiger partial charge in [-0.15, -0.1) is 11.3 Å². The molecule has 128 valence electrons. The van der Waals surface area contributed by atoms with Crippen molar-refractivity contribution in [3.8, 4) is 11.3 Å². The molecule has 1 amide bonds. The summed E-state index contributed by atoms with van der Waals surface area (Å²) in [6.45, 7) is 6.26. The summed E-state index contributed by atoms with van der Waals surface area (Å²) in [5.74, 6) is 0.206. The lowest BCUT2D eigenvalue weighted by atomic mass is 10.1. The number of nitrogens with zero attached hydrogens (tertiary/aromatic N) is 2. The van der Waals surface area contributed by atoms with Crippen molar-refractivity contribution in [3.63, 3.8) is 0 Å². The highest BCUT2D eigenvalue weighted by Crippen LogP contribution is 2.23. The predicted molar refractivity (Wildman–Crippen MR) is 102 cm³/mol. The summed E-state index contributed by atoms with van der Waals surface area (Å²) in [4.78, 5) is 13.3. The summed E-state index contributed by atoms with van der Waals surface area (Å²) in [5, 5.41) is 13.0. The van der Waals surface area contributed by atoms with E-state index < -0.39 is 0 Å². The van der Waals surface area contributed by atoms with Crippen molar-refractivity contribution in [1.29, 1.82) is 0 Å². The molecule has 2 aromatic heterocycles. The first kappa shape index (κ1) is 17.1. The molecule has 3 rings (SSSR count). The molecular formula is C19H20N4OS. The van der Waals surface area contributed by atoms with Crippen LogP contribution in [-0.4, -0.2) is 22.3 Å². The van der Waals surface area contributed by atoms with E-state index in [0.29, 0.717) is 11.5 Å². The number of aromatic nitrogens is 2. The number of nitrogens with one attached hydrogen (secondary N) is 2. The Morgan fingerprint density at radius 3 is 2.76 bits per heavy atom. The van der Waals surface area contributed by atoms with Crippen LogP contribution >= 0.6 is 11.3 Å². The molecule has 0 bridgehead atoms. The van der Waals surface area contributed by atoms with Crippen molar-refractivity contribution in [3.05, 3.63) is 63.5 Å². The van der Waals surface area contributed by atoms with Gasteiger partial charge in [-0.1, -0.05) is 43.7 Å². The summed E-state index contributed by atoms with van der Waals surface area (Å²) in [5.41, 5.74) is 7.12. The number of aryl methyl sites for hydroxylation is 1. The highest BCUT2D eigenvalue weighted by Gasteiger charge is 2.10. The number of carbonyl (C=O) groups is 1. The van der Waals surface area contributed by atoms with E-state index in [9.17, 15) is 4.79 Å². The smallest absolute Gasteiger partial charge is 0.272 e. The third-order valence-electron chi connectivity index (χ3n) is 3.83. The maximum atomic E-state index is 12.2. The fourth-order valence-electron chi connectivity index (χ4n) is 2.34. The minimum atomic E-state index is -0.209. The molecule has 0 atom stereocenters. The Morgan fingerprint density at radius 2 is 2.08 bits per heavy atom. The molecule has 2 heterocycles. The minimum absolute atomic E-state index is 0.209. The van der Waals surface area contributed by atoms with Crippen LogP contribution in [0.3, 0.4) is 0 Å². The van der Waals surface area contributed by atoms with E-state index in [2.05, 4.69) is 34.6 Å². The fourth-order valence-corrected chi connectivity index (χ4v) is 3.25. The van der Waals surface area contributed by atoms with Gasteiger partial charge in [0.2, 0.25) is 0 Å². The second-order valence-electron chi connectivity index (χ2n) is 6.16. The van der Waals surface area contributed by atoms with Crippen molar-refractivity contribution in [2.45, 2.75) is 26.7 Å². The summed E-state index contributed by atoms with van der Waals surface area (Å²) < 4.78 is 0. The van der Waals surface area contributed by atoms with Crippen LogP contribution in [-0.2, 0) is 0 Å². The van der Waals surface area contributed by atoms with Crippen LogP contribution in [0.15, 0.2) is 47.0 Å². The zero-order valence-electron chi connectivity index (χ0n) is 14.4. The summed E-state index contributed by atoms with van der Waals surface area (Å²) in [6, 6.07) is 10.1. The Balaban J connectivity index is 1.69. The topological polar surface area (TPSA) is 70.1 Å². The Kier molecular flexibility index (Phi) is 5.09. The van der Waals surface area contributed by atoms with E-state index in [1.165, 1.54) is 10.4 Å². The molecule has 2 N–H and O–H groups in total. The Labute approximate surface area is 150 Å². The Bertz CT molecular complexity index is 890. The van der Waals surface area contributed by atoms with Gasteiger partial charge in [-0.25, -0.2) is 5.43 Å². The zero-order chi connectivity index (χ0) is 17.8.